The van der Waals surface area contributed by atoms with E-state index in [1.807, 2.05) is 18.2 Å². The van der Waals surface area contributed by atoms with Crippen molar-refractivity contribution in [3.8, 4) is 5.75 Å². The number of aldehydes is 1. The molecule has 0 fully saturated rings. The highest BCUT2D eigenvalue weighted by atomic mass is 16.5. The summed E-state index contributed by atoms with van der Waals surface area (Å²) in [7, 11) is 4.19. The Balaban J connectivity index is 2.12. The van der Waals surface area contributed by atoms with Crippen molar-refractivity contribution in [3.63, 3.8) is 0 Å². The van der Waals surface area contributed by atoms with Gasteiger partial charge >= 0.3 is 0 Å². The minimum absolute atomic E-state index is 0.630. The largest absolute Gasteiger partial charge is 0.493 e. The maximum atomic E-state index is 10.8. The summed E-state index contributed by atoms with van der Waals surface area (Å²) in [5.41, 5.74) is 0.630. The van der Waals surface area contributed by atoms with Gasteiger partial charge in [0.1, 0.15) is 5.75 Å². The highest BCUT2D eigenvalue weighted by molar-refractivity contribution is 5.79. The summed E-state index contributed by atoms with van der Waals surface area (Å²) in [6.07, 6.45) is 5.53. The van der Waals surface area contributed by atoms with Crippen molar-refractivity contribution in [2.45, 2.75) is 25.7 Å². The fourth-order valence-corrected chi connectivity index (χ4v) is 1.78. The number of nitrogens with zero attached hydrogens (tertiary/aromatic N) is 1. The maximum Gasteiger partial charge on any atom is 0.153 e. The smallest absolute Gasteiger partial charge is 0.153 e. The lowest BCUT2D eigenvalue weighted by Gasteiger charge is -2.09. The third kappa shape index (κ3) is 5.82. The molecule has 0 bridgehead atoms. The van der Waals surface area contributed by atoms with Crippen LogP contribution in [0.4, 0.5) is 0 Å². The molecule has 0 unspecified atom stereocenters. The average Bonchev–Trinajstić information content (AvgIpc) is 2.37. The minimum Gasteiger partial charge on any atom is -0.493 e. The Bertz CT molecular complexity index is 350. The first-order valence-corrected chi connectivity index (χ1v) is 6.56. The van der Waals surface area contributed by atoms with Gasteiger partial charge < -0.3 is 9.64 Å². The van der Waals surface area contributed by atoms with Gasteiger partial charge in [0, 0.05) is 0 Å². The molecule has 100 valence electrons. The van der Waals surface area contributed by atoms with Crippen LogP contribution in [-0.2, 0) is 0 Å². The zero-order valence-corrected chi connectivity index (χ0v) is 11.4. The molecule has 0 aliphatic carbocycles. The lowest BCUT2D eigenvalue weighted by molar-refractivity contribution is 0.111. The van der Waals surface area contributed by atoms with Crippen molar-refractivity contribution < 1.29 is 9.53 Å². The van der Waals surface area contributed by atoms with Crippen LogP contribution in [0.5, 0.6) is 5.75 Å². The van der Waals surface area contributed by atoms with Crippen LogP contribution in [0.1, 0.15) is 36.0 Å². The first-order chi connectivity index (χ1) is 8.74. The Morgan fingerprint density at radius 2 is 1.83 bits per heavy atom. The van der Waals surface area contributed by atoms with E-state index in [2.05, 4.69) is 19.0 Å². The topological polar surface area (TPSA) is 29.5 Å². The summed E-state index contributed by atoms with van der Waals surface area (Å²) in [4.78, 5) is 13.0. The monoisotopic (exact) mass is 249 g/mol. The summed E-state index contributed by atoms with van der Waals surface area (Å²) in [5.74, 6) is 0.695. The van der Waals surface area contributed by atoms with Gasteiger partial charge in [-0.3, -0.25) is 4.79 Å². The predicted molar refractivity (Wildman–Crippen MR) is 74.3 cm³/mol. The third-order valence-electron chi connectivity index (χ3n) is 2.80. The standard InChI is InChI=1S/C15H23NO2/c1-16(2)11-7-3-4-8-12-18-15-10-6-5-9-14(15)13-17/h5-6,9-10,13H,3-4,7-8,11-12H2,1-2H3. The van der Waals surface area contributed by atoms with E-state index in [-0.39, 0.29) is 0 Å². The molecule has 3 nitrogen and oxygen atoms in total. The van der Waals surface area contributed by atoms with Gasteiger partial charge in [-0.2, -0.15) is 0 Å². The quantitative estimate of drug-likeness (QED) is 0.498. The number of para-hydroxylation sites is 1. The third-order valence-corrected chi connectivity index (χ3v) is 2.80. The second-order valence-electron chi connectivity index (χ2n) is 4.72. The highest BCUT2D eigenvalue weighted by Gasteiger charge is 2.00. The van der Waals surface area contributed by atoms with Crippen molar-refractivity contribution in [1.29, 1.82) is 0 Å². The fraction of sp³-hybridized carbons (Fsp3) is 0.533. The van der Waals surface area contributed by atoms with Crippen molar-refractivity contribution in [1.82, 2.24) is 4.90 Å². The number of hydrogen-bond acceptors (Lipinski definition) is 3. The Morgan fingerprint density at radius 1 is 1.11 bits per heavy atom. The SMILES string of the molecule is CN(C)CCCCCCOc1ccccc1C=O. The van der Waals surface area contributed by atoms with Crippen LogP contribution in [-0.4, -0.2) is 38.4 Å². The van der Waals surface area contributed by atoms with E-state index in [4.69, 9.17) is 4.74 Å². The van der Waals surface area contributed by atoms with E-state index in [9.17, 15) is 4.79 Å². The second-order valence-corrected chi connectivity index (χ2v) is 4.72. The summed E-state index contributed by atoms with van der Waals surface area (Å²) in [6, 6.07) is 7.35. The van der Waals surface area contributed by atoms with Crippen molar-refractivity contribution >= 4 is 6.29 Å². The zero-order chi connectivity index (χ0) is 13.2. The molecule has 0 amide bonds. The molecule has 1 aromatic carbocycles. The molecule has 0 N–H and O–H groups in total. The highest BCUT2D eigenvalue weighted by Crippen LogP contribution is 2.16. The predicted octanol–water partition coefficient (Wildman–Crippen LogP) is 3.00. The van der Waals surface area contributed by atoms with Crippen LogP contribution in [0.2, 0.25) is 0 Å². The van der Waals surface area contributed by atoms with Gasteiger partial charge in [0.25, 0.3) is 0 Å². The molecule has 0 aromatic heterocycles. The van der Waals surface area contributed by atoms with Gasteiger partial charge in [-0.15, -0.1) is 0 Å². The van der Waals surface area contributed by atoms with E-state index in [1.54, 1.807) is 6.07 Å². The van der Waals surface area contributed by atoms with Gasteiger partial charge in [-0.25, -0.2) is 0 Å². The molecular formula is C15H23NO2. The normalized spacial score (nSPS) is 10.6. The summed E-state index contributed by atoms with van der Waals surface area (Å²) in [5, 5.41) is 0. The molecule has 0 atom stereocenters. The Morgan fingerprint density at radius 3 is 2.56 bits per heavy atom. The van der Waals surface area contributed by atoms with E-state index < -0.39 is 0 Å². The molecule has 0 saturated carbocycles. The van der Waals surface area contributed by atoms with Gasteiger partial charge in [0.05, 0.1) is 12.2 Å². The molecule has 3 heteroatoms. The van der Waals surface area contributed by atoms with Crippen LogP contribution in [0.25, 0.3) is 0 Å². The molecule has 1 rings (SSSR count). The molecule has 0 aliphatic heterocycles. The molecule has 0 radical (unpaired) electrons. The number of rotatable bonds is 9. The molecule has 1 aromatic rings. The number of carbonyl (C=O) groups excluding carboxylic acids is 1. The van der Waals surface area contributed by atoms with Crippen LogP contribution >= 0.6 is 0 Å². The van der Waals surface area contributed by atoms with E-state index in [0.29, 0.717) is 17.9 Å². The van der Waals surface area contributed by atoms with Gasteiger partial charge in [0.15, 0.2) is 6.29 Å². The molecule has 18 heavy (non-hydrogen) atoms. The Kier molecular flexibility index (Phi) is 7.11. The zero-order valence-electron chi connectivity index (χ0n) is 11.4. The van der Waals surface area contributed by atoms with Crippen LogP contribution in [0, 0.1) is 0 Å². The molecule has 0 spiro atoms. The number of benzene rings is 1. The Hall–Kier alpha value is -1.35. The van der Waals surface area contributed by atoms with E-state index in [0.717, 1.165) is 19.3 Å². The average molecular weight is 249 g/mol. The maximum absolute atomic E-state index is 10.8. The number of unbranched alkanes of at least 4 members (excludes halogenated alkanes) is 3. The Labute approximate surface area is 110 Å². The van der Waals surface area contributed by atoms with E-state index in [1.165, 1.54) is 19.3 Å². The fourth-order valence-electron chi connectivity index (χ4n) is 1.78. The lowest BCUT2D eigenvalue weighted by atomic mass is 10.2. The number of carbonyl (C=O) groups is 1. The van der Waals surface area contributed by atoms with Crippen LogP contribution in [0.3, 0.4) is 0 Å². The molecule has 0 saturated heterocycles. The molecular weight excluding hydrogens is 226 g/mol. The van der Waals surface area contributed by atoms with E-state index >= 15 is 0 Å². The molecule has 0 aliphatic rings. The summed E-state index contributed by atoms with van der Waals surface area (Å²) < 4.78 is 5.61. The number of ether oxygens (including phenoxy) is 1. The van der Waals surface area contributed by atoms with Gasteiger partial charge in [0.2, 0.25) is 0 Å². The van der Waals surface area contributed by atoms with Crippen molar-refractivity contribution in [3.05, 3.63) is 29.8 Å². The van der Waals surface area contributed by atoms with Crippen molar-refractivity contribution in [2.24, 2.45) is 0 Å². The van der Waals surface area contributed by atoms with Gasteiger partial charge in [-0.1, -0.05) is 25.0 Å². The van der Waals surface area contributed by atoms with Crippen molar-refractivity contribution in [2.75, 3.05) is 27.2 Å². The lowest BCUT2D eigenvalue weighted by Crippen LogP contribution is -2.12. The first-order valence-electron chi connectivity index (χ1n) is 6.56. The van der Waals surface area contributed by atoms with Gasteiger partial charge in [-0.05, 0) is 45.6 Å². The molecule has 0 heterocycles. The second kappa shape index (κ2) is 8.70. The first kappa shape index (κ1) is 14.7. The minimum atomic E-state index is 0.630. The van der Waals surface area contributed by atoms with Crippen LogP contribution < -0.4 is 4.74 Å². The number of hydrogen-bond donors (Lipinski definition) is 0. The summed E-state index contributed by atoms with van der Waals surface area (Å²) >= 11 is 0. The summed E-state index contributed by atoms with van der Waals surface area (Å²) in [6.45, 7) is 1.83. The van der Waals surface area contributed by atoms with Crippen LogP contribution in [0.15, 0.2) is 24.3 Å².